The maximum Gasteiger partial charge on any atom is 0.319 e. The van der Waals surface area contributed by atoms with Crippen molar-refractivity contribution in [1.29, 1.82) is 0 Å². The van der Waals surface area contributed by atoms with E-state index < -0.39 is 0 Å². The van der Waals surface area contributed by atoms with Crippen LogP contribution in [0.15, 0.2) is 73.2 Å². The third-order valence-electron chi connectivity index (χ3n) is 5.03. The lowest BCUT2D eigenvalue weighted by Gasteiger charge is -2.18. The third kappa shape index (κ3) is 5.49. The van der Waals surface area contributed by atoms with Gasteiger partial charge < -0.3 is 21.7 Å². The first-order valence-electron chi connectivity index (χ1n) is 10.7. The fourth-order valence-electron chi connectivity index (χ4n) is 3.39. The van der Waals surface area contributed by atoms with E-state index in [0.29, 0.717) is 23.1 Å². The van der Waals surface area contributed by atoms with Gasteiger partial charge in [0.1, 0.15) is 0 Å². The number of carbonyl (C=O) groups excluding carboxylic acids is 1. The smallest absolute Gasteiger partial charge is 0.319 e. The van der Waals surface area contributed by atoms with Crippen molar-refractivity contribution in [2.75, 3.05) is 16.4 Å². The van der Waals surface area contributed by atoms with Crippen molar-refractivity contribution in [3.05, 3.63) is 84.3 Å². The van der Waals surface area contributed by atoms with Crippen LogP contribution in [0, 0.1) is 12.3 Å². The second-order valence-corrected chi connectivity index (χ2v) is 7.49. The van der Waals surface area contributed by atoms with E-state index in [-0.39, 0.29) is 12.1 Å². The average Bonchev–Trinajstić information content (AvgIpc) is 3.31. The highest BCUT2D eigenvalue weighted by Crippen LogP contribution is 2.20. The highest BCUT2D eigenvalue weighted by atomic mass is 16.2. The number of anilines is 4. The normalized spacial score (nSPS) is 11.3. The highest BCUT2D eigenvalue weighted by molar-refractivity contribution is 5.89. The molecule has 9 nitrogen and oxygen atoms in total. The number of hydrogen-bond donors (Lipinski definition) is 4. The lowest BCUT2D eigenvalue weighted by atomic mass is 10.0. The summed E-state index contributed by atoms with van der Waals surface area (Å²) >= 11 is 0. The Hall–Kier alpha value is -4.84. The van der Waals surface area contributed by atoms with E-state index in [1.165, 1.54) is 0 Å². The maximum atomic E-state index is 12.6. The summed E-state index contributed by atoms with van der Waals surface area (Å²) in [6.45, 7) is 2.00. The van der Waals surface area contributed by atoms with Crippen LogP contribution in [0.4, 0.5) is 27.8 Å². The summed E-state index contributed by atoms with van der Waals surface area (Å²) in [6, 6.07) is 16.1. The number of nitrogens with two attached hydrogens (primary N) is 1. The molecule has 2 aromatic carbocycles. The van der Waals surface area contributed by atoms with Gasteiger partial charge in [0.2, 0.25) is 5.95 Å². The molecule has 9 heteroatoms. The summed E-state index contributed by atoms with van der Waals surface area (Å²) in [5.41, 5.74) is 9.52. The largest absolute Gasteiger partial charge is 0.399 e. The van der Waals surface area contributed by atoms with E-state index in [1.807, 2.05) is 55.5 Å². The highest BCUT2D eigenvalue weighted by Gasteiger charge is 2.14. The lowest BCUT2D eigenvalue weighted by molar-refractivity contribution is 0.248. The van der Waals surface area contributed by atoms with Crippen molar-refractivity contribution in [3.63, 3.8) is 0 Å². The molecule has 4 aromatic rings. The van der Waals surface area contributed by atoms with Crippen LogP contribution in [0.3, 0.4) is 0 Å². The van der Waals surface area contributed by atoms with Crippen LogP contribution in [-0.2, 0) is 0 Å². The number of nitrogens with zero attached hydrogens (tertiary/aromatic N) is 4. The Morgan fingerprint density at radius 3 is 2.82 bits per heavy atom. The lowest BCUT2D eigenvalue weighted by Crippen LogP contribution is -2.32. The predicted molar refractivity (Wildman–Crippen MR) is 133 cm³/mol. The second kappa shape index (κ2) is 10.2. The average molecular weight is 453 g/mol. The van der Waals surface area contributed by atoms with E-state index in [0.717, 1.165) is 23.2 Å². The molecule has 0 bridgehead atoms. The van der Waals surface area contributed by atoms with E-state index in [2.05, 4.69) is 36.9 Å². The van der Waals surface area contributed by atoms with Gasteiger partial charge in [-0.1, -0.05) is 31.0 Å². The molecule has 0 saturated carbocycles. The Labute approximate surface area is 197 Å². The van der Waals surface area contributed by atoms with Crippen LogP contribution >= 0.6 is 0 Å². The van der Waals surface area contributed by atoms with Crippen molar-refractivity contribution in [3.8, 4) is 18.2 Å². The van der Waals surface area contributed by atoms with Gasteiger partial charge in [-0.15, -0.1) is 6.42 Å². The molecule has 0 aliphatic heterocycles. The molecule has 0 saturated heterocycles. The SMILES string of the molecule is C#Cc1cccc(Nc2nccc(-n3cc(NC(=O)N[C@H](CC)c4cccc(N)c4)cn3)n2)c1. The fraction of sp³-hybridized carbons (Fsp3) is 0.120. The van der Waals surface area contributed by atoms with Crippen molar-refractivity contribution >= 4 is 29.0 Å². The Kier molecular flexibility index (Phi) is 6.70. The predicted octanol–water partition coefficient (Wildman–Crippen LogP) is 4.24. The van der Waals surface area contributed by atoms with Gasteiger partial charge in [0.15, 0.2) is 5.82 Å². The summed E-state index contributed by atoms with van der Waals surface area (Å²) in [5.74, 6) is 3.52. The van der Waals surface area contributed by atoms with E-state index in [1.54, 1.807) is 29.3 Å². The van der Waals surface area contributed by atoms with Gasteiger partial charge in [0.25, 0.3) is 0 Å². The quantitative estimate of drug-likeness (QED) is 0.246. The van der Waals surface area contributed by atoms with Crippen LogP contribution in [0.5, 0.6) is 0 Å². The summed E-state index contributed by atoms with van der Waals surface area (Å²) in [7, 11) is 0. The molecule has 0 aliphatic carbocycles. The molecule has 1 atom stereocenters. The zero-order valence-corrected chi connectivity index (χ0v) is 18.6. The summed E-state index contributed by atoms with van der Waals surface area (Å²) in [5, 5.41) is 13.2. The molecule has 0 fully saturated rings. The van der Waals surface area contributed by atoms with Gasteiger partial charge in [-0.25, -0.2) is 14.5 Å². The van der Waals surface area contributed by atoms with Crippen molar-refractivity contribution in [2.24, 2.45) is 0 Å². The maximum absolute atomic E-state index is 12.6. The molecule has 2 aromatic heterocycles. The molecule has 0 aliphatic rings. The molecular weight excluding hydrogens is 428 g/mol. The third-order valence-corrected chi connectivity index (χ3v) is 5.03. The minimum absolute atomic E-state index is 0.165. The fourth-order valence-corrected chi connectivity index (χ4v) is 3.39. The molecule has 170 valence electrons. The zero-order valence-electron chi connectivity index (χ0n) is 18.6. The van der Waals surface area contributed by atoms with Crippen LogP contribution in [0.2, 0.25) is 0 Å². The molecule has 0 radical (unpaired) electrons. The number of urea groups is 1. The van der Waals surface area contributed by atoms with E-state index in [4.69, 9.17) is 12.2 Å². The Bertz CT molecular complexity index is 1340. The number of nitrogen functional groups attached to an aromatic ring is 1. The number of hydrogen-bond acceptors (Lipinski definition) is 6. The summed E-state index contributed by atoms with van der Waals surface area (Å²) in [4.78, 5) is 21.3. The van der Waals surface area contributed by atoms with Gasteiger partial charge in [-0.2, -0.15) is 10.1 Å². The molecule has 2 amide bonds. The Morgan fingerprint density at radius 2 is 2.03 bits per heavy atom. The number of terminal acetylenes is 1. The van der Waals surface area contributed by atoms with E-state index >= 15 is 0 Å². The van der Waals surface area contributed by atoms with Gasteiger partial charge in [0, 0.05) is 29.2 Å². The Morgan fingerprint density at radius 1 is 1.18 bits per heavy atom. The zero-order chi connectivity index (χ0) is 23.9. The minimum Gasteiger partial charge on any atom is -0.399 e. The number of carbonyl (C=O) groups is 1. The van der Waals surface area contributed by atoms with E-state index in [9.17, 15) is 4.79 Å². The van der Waals surface area contributed by atoms with Gasteiger partial charge in [-0.3, -0.25) is 0 Å². The molecule has 5 N–H and O–H groups in total. The number of benzene rings is 2. The number of aromatic nitrogens is 4. The molecule has 34 heavy (non-hydrogen) atoms. The number of amides is 2. The summed E-state index contributed by atoms with van der Waals surface area (Å²) < 4.78 is 1.55. The van der Waals surface area contributed by atoms with Gasteiger partial charge in [0.05, 0.1) is 24.1 Å². The van der Waals surface area contributed by atoms with Gasteiger partial charge in [-0.05, 0) is 42.3 Å². The van der Waals surface area contributed by atoms with Gasteiger partial charge >= 0.3 is 6.03 Å². The first-order chi connectivity index (χ1) is 16.5. The number of nitrogens with one attached hydrogen (secondary N) is 3. The van der Waals surface area contributed by atoms with Crippen LogP contribution in [-0.4, -0.2) is 25.8 Å². The Balaban J connectivity index is 1.42. The van der Waals surface area contributed by atoms with Crippen LogP contribution in [0.25, 0.3) is 5.82 Å². The van der Waals surface area contributed by atoms with Crippen molar-refractivity contribution < 1.29 is 4.79 Å². The first-order valence-corrected chi connectivity index (χ1v) is 10.7. The molecule has 2 heterocycles. The molecule has 0 unspecified atom stereocenters. The van der Waals surface area contributed by atoms with Crippen LogP contribution in [0.1, 0.15) is 30.5 Å². The van der Waals surface area contributed by atoms with Crippen molar-refractivity contribution in [2.45, 2.75) is 19.4 Å². The topological polar surface area (TPSA) is 123 Å². The van der Waals surface area contributed by atoms with Crippen LogP contribution < -0.4 is 21.7 Å². The minimum atomic E-state index is -0.340. The first kappa shape index (κ1) is 22.4. The van der Waals surface area contributed by atoms with Crippen molar-refractivity contribution in [1.82, 2.24) is 25.1 Å². The standard InChI is InChI=1S/C25H24N8O/c1-3-17-7-5-10-20(13-17)29-24-27-12-11-23(32-24)33-16-21(15-28-33)30-25(34)31-22(4-2)18-8-6-9-19(26)14-18/h1,5-16,22H,4,26H2,2H3,(H,27,29,32)(H2,30,31,34)/t22-/m1/s1. The number of rotatable bonds is 7. The molecule has 0 spiro atoms. The molecular formula is C25H24N8O. The molecule has 4 rings (SSSR count). The monoisotopic (exact) mass is 452 g/mol. The summed E-state index contributed by atoms with van der Waals surface area (Å²) in [6.07, 6.45) is 11.0. The second-order valence-electron chi connectivity index (χ2n) is 7.49.